The van der Waals surface area contributed by atoms with Crippen LogP contribution in [0.2, 0.25) is 0 Å². The predicted molar refractivity (Wildman–Crippen MR) is 128 cm³/mol. The number of carbonyl (C=O) groups excluding carboxylic acids is 2. The molecule has 2 aliphatic rings. The zero-order chi connectivity index (χ0) is 27.2. The molecule has 0 aromatic carbocycles. The summed E-state index contributed by atoms with van der Waals surface area (Å²) in [6.45, 7) is 3.25. The summed E-state index contributed by atoms with van der Waals surface area (Å²) < 4.78 is 27.1. The Morgan fingerprint density at radius 1 is 0.806 bits per heavy atom. The monoisotopic (exact) mass is 632 g/mol. The minimum atomic E-state index is -1.83. The lowest BCUT2D eigenvalue weighted by Gasteiger charge is -2.45. The van der Waals surface area contributed by atoms with Crippen LogP contribution in [0.3, 0.4) is 0 Å². The number of aliphatic hydroxyl groups is 6. The molecule has 14 heteroatoms. The van der Waals surface area contributed by atoms with Crippen LogP contribution in [0.25, 0.3) is 0 Å². The van der Waals surface area contributed by atoms with Crippen LogP contribution in [0, 0.1) is 0 Å². The van der Waals surface area contributed by atoms with Crippen LogP contribution in [0.4, 0.5) is 0 Å². The van der Waals surface area contributed by atoms with Crippen LogP contribution in [-0.4, -0.2) is 122 Å². The van der Waals surface area contributed by atoms with Crippen LogP contribution in [0.5, 0.6) is 0 Å². The van der Waals surface area contributed by atoms with Crippen molar-refractivity contribution in [3.8, 4) is 0 Å². The van der Waals surface area contributed by atoms with Crippen molar-refractivity contribution < 1.29 is 63.9 Å². The molecule has 0 amide bonds. The number of aliphatic hydroxyl groups excluding tert-OH is 6. The third-order valence-electron chi connectivity index (χ3n) is 5.91. The Kier molecular flexibility index (Phi) is 12.1. The molecule has 206 valence electrons. The lowest BCUT2D eigenvalue weighted by Crippen LogP contribution is -2.64. The maximum Gasteiger partial charge on any atom is 0.334 e. The van der Waals surface area contributed by atoms with E-state index in [1.165, 1.54) is 19.1 Å². The van der Waals surface area contributed by atoms with Gasteiger partial charge in [-0.15, -0.1) is 0 Å². The Labute approximate surface area is 221 Å². The molecular weight excluding hydrogens is 599 g/mol. The highest BCUT2D eigenvalue weighted by molar-refractivity contribution is 14.1. The van der Waals surface area contributed by atoms with E-state index in [-0.39, 0.29) is 5.57 Å². The molecule has 2 rings (SSSR count). The number of hydrogen-bond donors (Lipinski definition) is 6. The zero-order valence-electron chi connectivity index (χ0n) is 20.0. The van der Waals surface area contributed by atoms with E-state index in [1.54, 1.807) is 13.8 Å². The molecule has 10 atom stereocenters. The van der Waals surface area contributed by atoms with E-state index in [9.17, 15) is 40.2 Å². The fourth-order valence-electron chi connectivity index (χ4n) is 3.54. The first-order valence-electron chi connectivity index (χ1n) is 11.2. The van der Waals surface area contributed by atoms with Crippen LogP contribution in [0.1, 0.15) is 20.8 Å². The highest BCUT2D eigenvalue weighted by Crippen LogP contribution is 2.30. The molecule has 2 heterocycles. The number of hydrogen-bond acceptors (Lipinski definition) is 13. The fraction of sp³-hybridized carbons (Fsp3) is 0.727. The topological polar surface area (TPSA) is 202 Å². The highest BCUT2D eigenvalue weighted by atomic mass is 127. The second-order valence-electron chi connectivity index (χ2n) is 8.21. The molecule has 2 fully saturated rings. The van der Waals surface area contributed by atoms with E-state index in [4.69, 9.17) is 23.7 Å². The van der Waals surface area contributed by atoms with Gasteiger partial charge in [0.2, 0.25) is 0 Å². The van der Waals surface area contributed by atoms with Gasteiger partial charge >= 0.3 is 11.9 Å². The lowest BCUT2D eigenvalue weighted by molar-refractivity contribution is -0.376. The molecule has 2 aliphatic heterocycles. The Morgan fingerprint density at radius 2 is 1.25 bits per heavy atom. The number of allylic oxidation sites excluding steroid dienone is 2. The first-order chi connectivity index (χ1) is 17.0. The number of alkyl halides is 1. The Balaban J connectivity index is 2.13. The van der Waals surface area contributed by atoms with Gasteiger partial charge in [0.05, 0.1) is 13.2 Å². The van der Waals surface area contributed by atoms with Gasteiger partial charge in [0.1, 0.15) is 36.6 Å². The van der Waals surface area contributed by atoms with Crippen LogP contribution in [-0.2, 0) is 33.3 Å². The zero-order valence-corrected chi connectivity index (χ0v) is 22.1. The van der Waals surface area contributed by atoms with Crippen LogP contribution >= 0.6 is 22.6 Å². The van der Waals surface area contributed by atoms with Gasteiger partial charge in [0.15, 0.2) is 24.8 Å². The van der Waals surface area contributed by atoms with E-state index in [2.05, 4.69) is 0 Å². The van der Waals surface area contributed by atoms with Crippen molar-refractivity contribution in [3.63, 3.8) is 0 Å². The van der Waals surface area contributed by atoms with Gasteiger partial charge in [-0.1, -0.05) is 34.7 Å². The van der Waals surface area contributed by atoms with Gasteiger partial charge in [-0.2, -0.15) is 0 Å². The molecule has 0 aromatic heterocycles. The molecule has 0 bridgehead atoms. The smallest absolute Gasteiger partial charge is 0.334 e. The third kappa shape index (κ3) is 7.00. The second kappa shape index (κ2) is 14.1. The SMILES string of the molecule is C/C=C(/C)C(=O)OC1C(CO)OC(OC2OC(CO)C(OC(=O)/C(=C\C)CI)C(O)C2O)C(O)C1O. The molecule has 0 aliphatic carbocycles. The molecule has 0 aromatic rings. The standard InChI is InChI=1S/C22H33IO13/c1-4-9(3)19(30)34-17-11(7-24)32-21(15(28)13(17)26)36-22-16(29)14(27)18(12(8-25)33-22)35-20(31)10(5-2)6-23/h4-5,11-18,21-22,24-29H,6-8H2,1-3H3/b9-4-,10-5-. The lowest BCUT2D eigenvalue weighted by atomic mass is 9.97. The average molecular weight is 632 g/mol. The Morgan fingerprint density at radius 3 is 1.61 bits per heavy atom. The van der Waals surface area contributed by atoms with Crippen molar-refractivity contribution in [2.45, 2.75) is 82.2 Å². The molecule has 36 heavy (non-hydrogen) atoms. The van der Waals surface area contributed by atoms with Gasteiger partial charge in [-0.3, -0.25) is 0 Å². The van der Waals surface area contributed by atoms with Crippen molar-refractivity contribution in [1.29, 1.82) is 0 Å². The summed E-state index contributed by atoms with van der Waals surface area (Å²) in [5.74, 6) is -1.56. The fourth-order valence-corrected chi connectivity index (χ4v) is 4.29. The average Bonchev–Trinajstić information content (AvgIpc) is 2.87. The molecule has 2 saturated heterocycles. The van der Waals surface area contributed by atoms with Crippen molar-refractivity contribution in [3.05, 3.63) is 23.3 Å². The number of carbonyl (C=O) groups is 2. The van der Waals surface area contributed by atoms with Crippen molar-refractivity contribution in [1.82, 2.24) is 0 Å². The summed E-state index contributed by atoms with van der Waals surface area (Å²) in [5, 5.41) is 61.6. The van der Waals surface area contributed by atoms with Crippen LogP contribution in [0.15, 0.2) is 23.3 Å². The Bertz CT molecular complexity index is 814. The van der Waals surface area contributed by atoms with Gasteiger partial charge in [0.25, 0.3) is 0 Å². The van der Waals surface area contributed by atoms with E-state index in [1.807, 2.05) is 22.6 Å². The predicted octanol–water partition coefficient (Wildman–Crippen LogP) is -1.95. The summed E-state index contributed by atoms with van der Waals surface area (Å²) in [5.41, 5.74) is 0.528. The quantitative estimate of drug-likeness (QED) is 0.0710. The summed E-state index contributed by atoms with van der Waals surface area (Å²) in [4.78, 5) is 24.4. The Hall–Kier alpha value is -1.21. The summed E-state index contributed by atoms with van der Waals surface area (Å²) in [6, 6.07) is 0. The number of rotatable bonds is 9. The van der Waals surface area contributed by atoms with E-state index in [0.29, 0.717) is 10.0 Å². The van der Waals surface area contributed by atoms with Gasteiger partial charge in [-0.25, -0.2) is 9.59 Å². The largest absolute Gasteiger partial charge is 0.453 e. The summed E-state index contributed by atoms with van der Waals surface area (Å²) in [6.07, 6.45) is -13.1. The molecule has 13 nitrogen and oxygen atoms in total. The molecule has 0 radical (unpaired) electrons. The summed E-state index contributed by atoms with van der Waals surface area (Å²) in [7, 11) is 0. The van der Waals surface area contributed by atoms with E-state index in [0.717, 1.165) is 0 Å². The first-order valence-corrected chi connectivity index (χ1v) is 12.7. The molecule has 0 spiro atoms. The number of halogens is 1. The van der Waals surface area contributed by atoms with Gasteiger partial charge in [-0.05, 0) is 20.8 Å². The molecule has 10 unspecified atom stereocenters. The maximum atomic E-state index is 12.3. The van der Waals surface area contributed by atoms with Crippen molar-refractivity contribution in [2.24, 2.45) is 0 Å². The molecule has 6 N–H and O–H groups in total. The van der Waals surface area contributed by atoms with Crippen LogP contribution < -0.4 is 0 Å². The van der Waals surface area contributed by atoms with Crippen molar-refractivity contribution in [2.75, 3.05) is 17.6 Å². The minimum absolute atomic E-state index is 0.227. The minimum Gasteiger partial charge on any atom is -0.453 e. The van der Waals surface area contributed by atoms with E-state index >= 15 is 0 Å². The van der Waals surface area contributed by atoms with E-state index < -0.39 is 86.6 Å². The van der Waals surface area contributed by atoms with Crippen molar-refractivity contribution >= 4 is 34.5 Å². The normalized spacial score (nSPS) is 37.9. The first kappa shape index (κ1) is 31.0. The highest BCUT2D eigenvalue weighted by Gasteiger charge is 2.52. The number of ether oxygens (including phenoxy) is 5. The maximum absolute atomic E-state index is 12.3. The number of esters is 2. The molecular formula is C22H33IO13. The van der Waals surface area contributed by atoms with Gasteiger partial charge < -0.3 is 54.3 Å². The molecule has 0 saturated carbocycles. The third-order valence-corrected chi connectivity index (χ3v) is 6.73. The van der Waals surface area contributed by atoms with Gasteiger partial charge in [0, 0.05) is 15.6 Å². The second-order valence-corrected chi connectivity index (χ2v) is 8.97. The summed E-state index contributed by atoms with van der Waals surface area (Å²) >= 11 is 1.95.